The summed E-state index contributed by atoms with van der Waals surface area (Å²) in [7, 11) is 0. The van der Waals surface area contributed by atoms with E-state index in [4.69, 9.17) is 0 Å². The maximum absolute atomic E-state index is 4.15. The molecule has 1 fully saturated rings. The van der Waals surface area contributed by atoms with E-state index in [9.17, 15) is 0 Å². The molecule has 0 N–H and O–H groups in total. The summed E-state index contributed by atoms with van der Waals surface area (Å²) in [6, 6.07) is 0. The zero-order chi connectivity index (χ0) is 11.0. The fourth-order valence-corrected chi connectivity index (χ4v) is 3.45. The second-order valence-corrected chi connectivity index (χ2v) is 5.85. The maximum Gasteiger partial charge on any atom is -0.0168 e. The molecular weight excluding hydrogens is 180 g/mol. The van der Waals surface area contributed by atoms with Gasteiger partial charge in [-0.15, -0.1) is 0 Å². The van der Waals surface area contributed by atoms with Crippen LogP contribution in [0.1, 0.15) is 46.5 Å². The molecule has 0 spiro atoms. The number of allylic oxidation sites excluding steroid dienone is 3. The highest BCUT2D eigenvalue weighted by atomic mass is 14.4. The smallest absolute Gasteiger partial charge is 0.0168 e. The molecule has 0 aliphatic heterocycles. The Hall–Kier alpha value is -0.520. The highest BCUT2D eigenvalue weighted by molar-refractivity contribution is 5.30. The molecule has 1 saturated carbocycles. The minimum atomic E-state index is 0.803. The highest BCUT2D eigenvalue weighted by Gasteiger charge is 2.35. The SMILES string of the molecule is C=C1C=C2[C@@H](CC1)[C@H](C)CC[C@@H]2C(C)C. The summed E-state index contributed by atoms with van der Waals surface area (Å²) >= 11 is 0. The molecule has 0 radical (unpaired) electrons. The summed E-state index contributed by atoms with van der Waals surface area (Å²) in [6.07, 6.45) is 7.83. The van der Waals surface area contributed by atoms with Crippen molar-refractivity contribution in [3.05, 3.63) is 23.8 Å². The van der Waals surface area contributed by atoms with E-state index in [1.807, 2.05) is 0 Å². The molecule has 0 amide bonds. The average Bonchev–Trinajstić information content (AvgIpc) is 2.17. The van der Waals surface area contributed by atoms with Gasteiger partial charge < -0.3 is 0 Å². The lowest BCUT2D eigenvalue weighted by Gasteiger charge is -2.41. The zero-order valence-electron chi connectivity index (χ0n) is 10.4. The van der Waals surface area contributed by atoms with Gasteiger partial charge in [0.05, 0.1) is 0 Å². The van der Waals surface area contributed by atoms with Crippen molar-refractivity contribution in [2.24, 2.45) is 23.7 Å². The fourth-order valence-electron chi connectivity index (χ4n) is 3.45. The van der Waals surface area contributed by atoms with Crippen LogP contribution in [0.3, 0.4) is 0 Å². The van der Waals surface area contributed by atoms with Gasteiger partial charge >= 0.3 is 0 Å². The Bertz CT molecular complexity index is 282. The lowest BCUT2D eigenvalue weighted by atomic mass is 9.64. The monoisotopic (exact) mass is 204 g/mol. The Morgan fingerprint density at radius 2 is 2.00 bits per heavy atom. The molecule has 0 aromatic heterocycles. The first-order valence-electron chi connectivity index (χ1n) is 6.49. The fraction of sp³-hybridized carbons (Fsp3) is 0.733. The van der Waals surface area contributed by atoms with Gasteiger partial charge in [-0.2, -0.15) is 0 Å². The maximum atomic E-state index is 4.15. The summed E-state index contributed by atoms with van der Waals surface area (Å²) in [5, 5.41) is 0. The van der Waals surface area contributed by atoms with E-state index in [0.717, 1.165) is 23.7 Å². The van der Waals surface area contributed by atoms with Crippen LogP contribution in [0, 0.1) is 23.7 Å². The Morgan fingerprint density at radius 3 is 2.67 bits per heavy atom. The third kappa shape index (κ3) is 2.04. The summed E-state index contributed by atoms with van der Waals surface area (Å²) < 4.78 is 0. The van der Waals surface area contributed by atoms with Crippen molar-refractivity contribution in [1.29, 1.82) is 0 Å². The van der Waals surface area contributed by atoms with Gasteiger partial charge in [-0.25, -0.2) is 0 Å². The topological polar surface area (TPSA) is 0 Å². The van der Waals surface area contributed by atoms with Crippen LogP contribution >= 0.6 is 0 Å². The largest absolute Gasteiger partial charge is 0.0958 e. The normalized spacial score (nSPS) is 36.4. The number of fused-ring (bicyclic) bond motifs is 1. The Kier molecular flexibility index (Phi) is 3.04. The molecule has 3 atom stereocenters. The van der Waals surface area contributed by atoms with Crippen LogP contribution in [0.25, 0.3) is 0 Å². The number of hydrogen-bond donors (Lipinski definition) is 0. The predicted octanol–water partition coefficient (Wildman–Crippen LogP) is 4.58. The Balaban J connectivity index is 2.27. The minimum absolute atomic E-state index is 0.803. The van der Waals surface area contributed by atoms with E-state index >= 15 is 0 Å². The number of hydrogen-bond acceptors (Lipinski definition) is 0. The zero-order valence-corrected chi connectivity index (χ0v) is 10.4. The molecule has 0 heteroatoms. The van der Waals surface area contributed by atoms with Crippen molar-refractivity contribution in [2.75, 3.05) is 0 Å². The second-order valence-electron chi connectivity index (χ2n) is 5.85. The summed E-state index contributed by atoms with van der Waals surface area (Å²) in [5.74, 6) is 3.41. The van der Waals surface area contributed by atoms with E-state index in [-0.39, 0.29) is 0 Å². The molecule has 0 aromatic rings. The van der Waals surface area contributed by atoms with Crippen molar-refractivity contribution in [2.45, 2.75) is 46.5 Å². The molecular formula is C15H24. The van der Waals surface area contributed by atoms with E-state index in [1.54, 1.807) is 5.57 Å². The van der Waals surface area contributed by atoms with Crippen molar-refractivity contribution < 1.29 is 0 Å². The highest BCUT2D eigenvalue weighted by Crippen LogP contribution is 2.46. The van der Waals surface area contributed by atoms with Crippen LogP contribution in [-0.2, 0) is 0 Å². The van der Waals surface area contributed by atoms with Crippen molar-refractivity contribution >= 4 is 0 Å². The van der Waals surface area contributed by atoms with Gasteiger partial charge in [0.25, 0.3) is 0 Å². The molecule has 0 unspecified atom stereocenters. The van der Waals surface area contributed by atoms with Crippen molar-refractivity contribution in [1.82, 2.24) is 0 Å². The van der Waals surface area contributed by atoms with Crippen molar-refractivity contribution in [3.8, 4) is 0 Å². The van der Waals surface area contributed by atoms with Crippen LogP contribution in [0.15, 0.2) is 23.8 Å². The summed E-state index contributed by atoms with van der Waals surface area (Å²) in [5.41, 5.74) is 3.10. The van der Waals surface area contributed by atoms with Crippen LogP contribution in [0.2, 0.25) is 0 Å². The molecule has 0 bridgehead atoms. The van der Waals surface area contributed by atoms with Crippen molar-refractivity contribution in [3.63, 3.8) is 0 Å². The molecule has 15 heavy (non-hydrogen) atoms. The first-order valence-corrected chi connectivity index (χ1v) is 6.49. The molecule has 0 aromatic carbocycles. The minimum Gasteiger partial charge on any atom is -0.0958 e. The van der Waals surface area contributed by atoms with Crippen LogP contribution in [0.5, 0.6) is 0 Å². The van der Waals surface area contributed by atoms with Gasteiger partial charge in [0.2, 0.25) is 0 Å². The average molecular weight is 204 g/mol. The molecule has 2 rings (SSSR count). The van der Waals surface area contributed by atoms with Gasteiger partial charge in [-0.3, -0.25) is 0 Å². The van der Waals surface area contributed by atoms with Gasteiger partial charge in [-0.05, 0) is 49.4 Å². The quantitative estimate of drug-likeness (QED) is 0.586. The first-order chi connectivity index (χ1) is 7.09. The number of rotatable bonds is 1. The van der Waals surface area contributed by atoms with Gasteiger partial charge in [0.15, 0.2) is 0 Å². The lowest BCUT2D eigenvalue weighted by Crippen LogP contribution is -2.30. The third-order valence-corrected chi connectivity index (χ3v) is 4.43. The molecule has 0 heterocycles. The lowest BCUT2D eigenvalue weighted by molar-refractivity contribution is 0.224. The van der Waals surface area contributed by atoms with E-state index in [1.165, 1.54) is 31.3 Å². The Morgan fingerprint density at radius 1 is 1.27 bits per heavy atom. The van der Waals surface area contributed by atoms with Crippen LogP contribution in [-0.4, -0.2) is 0 Å². The standard InChI is InChI=1S/C15H24/c1-10(2)13-8-6-12(4)14-7-5-11(3)9-15(13)14/h9-10,12-14H,3,5-8H2,1-2,4H3/t12-,13-,14+/m1/s1. The summed E-state index contributed by atoms with van der Waals surface area (Å²) in [6.45, 7) is 11.3. The molecule has 84 valence electrons. The second kappa shape index (κ2) is 4.15. The van der Waals surface area contributed by atoms with E-state index in [2.05, 4.69) is 33.4 Å². The van der Waals surface area contributed by atoms with Crippen LogP contribution < -0.4 is 0 Å². The van der Waals surface area contributed by atoms with E-state index in [0.29, 0.717) is 0 Å². The predicted molar refractivity (Wildman–Crippen MR) is 66.7 cm³/mol. The van der Waals surface area contributed by atoms with Crippen LogP contribution in [0.4, 0.5) is 0 Å². The van der Waals surface area contributed by atoms with Gasteiger partial charge in [0, 0.05) is 0 Å². The third-order valence-electron chi connectivity index (χ3n) is 4.43. The molecule has 2 aliphatic rings. The van der Waals surface area contributed by atoms with E-state index < -0.39 is 0 Å². The van der Waals surface area contributed by atoms with Gasteiger partial charge in [0.1, 0.15) is 0 Å². The summed E-state index contributed by atoms with van der Waals surface area (Å²) in [4.78, 5) is 0. The molecule has 2 aliphatic carbocycles. The molecule has 0 nitrogen and oxygen atoms in total. The van der Waals surface area contributed by atoms with Gasteiger partial charge in [-0.1, -0.05) is 44.6 Å². The molecule has 0 saturated heterocycles. The Labute approximate surface area is 94.5 Å². The first kappa shape index (κ1) is 11.0.